The number of para-hydroxylation sites is 1. The molecule has 0 aliphatic heterocycles. The number of benzene rings is 1. The molecule has 0 radical (unpaired) electrons. The van der Waals surface area contributed by atoms with Crippen molar-refractivity contribution in [2.75, 3.05) is 6.61 Å². The Hall–Kier alpha value is -1.72. The summed E-state index contributed by atoms with van der Waals surface area (Å²) >= 11 is 0. The fraction of sp³-hybridized carbons (Fsp3) is 0.0909. The molecule has 2 aromatic rings. The van der Waals surface area contributed by atoms with Gasteiger partial charge in [0.1, 0.15) is 6.61 Å². The van der Waals surface area contributed by atoms with Crippen molar-refractivity contribution in [1.82, 2.24) is 4.98 Å². The van der Waals surface area contributed by atoms with E-state index in [4.69, 9.17) is 5.11 Å². The van der Waals surface area contributed by atoms with Crippen molar-refractivity contribution in [3.63, 3.8) is 0 Å². The Labute approximate surface area is 76.2 Å². The van der Waals surface area contributed by atoms with E-state index in [1.807, 2.05) is 30.3 Å². The molecule has 2 rings (SSSR count). The fourth-order valence-corrected chi connectivity index (χ4v) is 1.28. The third kappa shape index (κ3) is 1.56. The van der Waals surface area contributed by atoms with Gasteiger partial charge >= 0.3 is 0 Å². The number of aromatic nitrogens is 1. The van der Waals surface area contributed by atoms with Gasteiger partial charge in [0.25, 0.3) is 0 Å². The lowest BCUT2D eigenvalue weighted by Crippen LogP contribution is -1.74. The second-order valence-corrected chi connectivity index (χ2v) is 2.73. The standard InChI is InChI=1S/C11H9NO/c13-7-3-5-10-8-9-4-1-2-6-11(9)12-10/h1-2,4,6,8,12-13H,7H2. The molecule has 0 atom stereocenters. The predicted molar refractivity (Wildman–Crippen MR) is 52.3 cm³/mol. The van der Waals surface area contributed by atoms with E-state index in [0.29, 0.717) is 0 Å². The highest BCUT2D eigenvalue weighted by Crippen LogP contribution is 2.13. The number of aliphatic hydroxyl groups is 1. The second kappa shape index (κ2) is 3.34. The monoisotopic (exact) mass is 171 g/mol. The van der Waals surface area contributed by atoms with Crippen LogP contribution in [0, 0.1) is 11.8 Å². The van der Waals surface area contributed by atoms with Gasteiger partial charge in [0, 0.05) is 10.9 Å². The molecule has 13 heavy (non-hydrogen) atoms. The first-order chi connectivity index (χ1) is 6.40. The van der Waals surface area contributed by atoms with Crippen LogP contribution in [0.1, 0.15) is 5.69 Å². The fourth-order valence-electron chi connectivity index (χ4n) is 1.28. The summed E-state index contributed by atoms with van der Waals surface area (Å²) in [5.74, 6) is 5.43. The van der Waals surface area contributed by atoms with Gasteiger partial charge in [-0.15, -0.1) is 0 Å². The van der Waals surface area contributed by atoms with Crippen LogP contribution in [0.2, 0.25) is 0 Å². The molecule has 1 aromatic carbocycles. The maximum absolute atomic E-state index is 8.51. The van der Waals surface area contributed by atoms with Crippen LogP contribution in [0.15, 0.2) is 30.3 Å². The third-order valence-corrected chi connectivity index (χ3v) is 1.83. The Morgan fingerprint density at radius 2 is 2.15 bits per heavy atom. The lowest BCUT2D eigenvalue weighted by atomic mass is 10.2. The predicted octanol–water partition coefficient (Wildman–Crippen LogP) is 1.51. The van der Waals surface area contributed by atoms with Gasteiger partial charge in [-0.2, -0.15) is 0 Å². The molecule has 2 nitrogen and oxygen atoms in total. The number of hydrogen-bond donors (Lipinski definition) is 2. The van der Waals surface area contributed by atoms with Crippen LogP contribution in [0.4, 0.5) is 0 Å². The number of nitrogens with one attached hydrogen (secondary N) is 1. The van der Waals surface area contributed by atoms with Crippen LogP contribution in [-0.2, 0) is 0 Å². The van der Waals surface area contributed by atoms with E-state index in [0.717, 1.165) is 16.6 Å². The normalized spacial score (nSPS) is 9.62. The highest BCUT2D eigenvalue weighted by Gasteiger charge is 1.95. The van der Waals surface area contributed by atoms with E-state index in [1.54, 1.807) is 0 Å². The average molecular weight is 171 g/mol. The quantitative estimate of drug-likeness (QED) is 0.579. The van der Waals surface area contributed by atoms with Gasteiger partial charge in [0.05, 0.1) is 5.69 Å². The van der Waals surface area contributed by atoms with E-state index in [2.05, 4.69) is 16.8 Å². The molecular weight excluding hydrogens is 162 g/mol. The second-order valence-electron chi connectivity index (χ2n) is 2.73. The summed E-state index contributed by atoms with van der Waals surface area (Å²) in [5.41, 5.74) is 1.92. The van der Waals surface area contributed by atoms with Crippen LogP contribution < -0.4 is 0 Å². The Bertz CT molecular complexity index is 440. The Kier molecular flexibility index (Phi) is 2.03. The molecule has 1 heterocycles. The van der Waals surface area contributed by atoms with Crippen molar-refractivity contribution in [2.24, 2.45) is 0 Å². The zero-order valence-corrected chi connectivity index (χ0v) is 7.04. The Morgan fingerprint density at radius 1 is 1.31 bits per heavy atom. The number of H-pyrrole nitrogens is 1. The van der Waals surface area contributed by atoms with E-state index in [9.17, 15) is 0 Å². The van der Waals surface area contributed by atoms with Gasteiger partial charge in [-0.1, -0.05) is 24.1 Å². The van der Waals surface area contributed by atoms with E-state index in [-0.39, 0.29) is 6.61 Å². The molecule has 0 saturated heterocycles. The number of rotatable bonds is 0. The summed E-state index contributed by atoms with van der Waals surface area (Å²) in [5, 5.41) is 9.66. The molecule has 0 aliphatic rings. The molecule has 2 N–H and O–H groups in total. The van der Waals surface area contributed by atoms with E-state index >= 15 is 0 Å². The maximum Gasteiger partial charge on any atom is 0.104 e. The summed E-state index contributed by atoms with van der Waals surface area (Å²) in [6.07, 6.45) is 0. The minimum Gasteiger partial charge on any atom is -0.384 e. The van der Waals surface area contributed by atoms with Gasteiger partial charge in [0.15, 0.2) is 0 Å². The van der Waals surface area contributed by atoms with Gasteiger partial charge in [-0.05, 0) is 18.1 Å². The third-order valence-electron chi connectivity index (χ3n) is 1.83. The zero-order valence-electron chi connectivity index (χ0n) is 7.04. The summed E-state index contributed by atoms with van der Waals surface area (Å²) in [6.45, 7) is -0.102. The van der Waals surface area contributed by atoms with Crippen molar-refractivity contribution in [3.05, 3.63) is 36.0 Å². The highest BCUT2D eigenvalue weighted by molar-refractivity contribution is 5.81. The molecule has 0 amide bonds. The zero-order chi connectivity index (χ0) is 9.10. The van der Waals surface area contributed by atoms with Crippen LogP contribution in [0.5, 0.6) is 0 Å². The first-order valence-electron chi connectivity index (χ1n) is 4.07. The average Bonchev–Trinajstić information content (AvgIpc) is 2.57. The van der Waals surface area contributed by atoms with Crippen LogP contribution in [0.25, 0.3) is 10.9 Å². The van der Waals surface area contributed by atoms with E-state index < -0.39 is 0 Å². The van der Waals surface area contributed by atoms with Crippen molar-refractivity contribution in [3.8, 4) is 11.8 Å². The minimum atomic E-state index is -0.102. The minimum absolute atomic E-state index is 0.102. The molecular formula is C11H9NO. The largest absolute Gasteiger partial charge is 0.384 e. The first-order valence-corrected chi connectivity index (χ1v) is 4.07. The van der Waals surface area contributed by atoms with Crippen LogP contribution in [0.3, 0.4) is 0 Å². The lowest BCUT2D eigenvalue weighted by Gasteiger charge is -1.83. The number of fused-ring (bicyclic) bond motifs is 1. The van der Waals surface area contributed by atoms with E-state index in [1.165, 1.54) is 0 Å². The van der Waals surface area contributed by atoms with Crippen LogP contribution in [-0.4, -0.2) is 16.7 Å². The van der Waals surface area contributed by atoms with Gasteiger partial charge in [0.2, 0.25) is 0 Å². The molecule has 1 aromatic heterocycles. The molecule has 0 aliphatic carbocycles. The van der Waals surface area contributed by atoms with Gasteiger partial charge in [-0.25, -0.2) is 0 Å². The molecule has 0 bridgehead atoms. The number of aliphatic hydroxyl groups excluding tert-OH is 1. The number of hydrogen-bond acceptors (Lipinski definition) is 1. The smallest absolute Gasteiger partial charge is 0.104 e. The lowest BCUT2D eigenvalue weighted by molar-refractivity contribution is 0.350. The Morgan fingerprint density at radius 3 is 2.92 bits per heavy atom. The van der Waals surface area contributed by atoms with Gasteiger partial charge in [-0.3, -0.25) is 0 Å². The first kappa shape index (κ1) is 7.90. The van der Waals surface area contributed by atoms with Gasteiger partial charge < -0.3 is 10.1 Å². The number of aromatic amines is 1. The summed E-state index contributed by atoms with van der Waals surface area (Å²) in [7, 11) is 0. The Balaban J connectivity index is 2.50. The topological polar surface area (TPSA) is 36.0 Å². The summed E-state index contributed by atoms with van der Waals surface area (Å²) < 4.78 is 0. The van der Waals surface area contributed by atoms with Crippen molar-refractivity contribution in [1.29, 1.82) is 0 Å². The van der Waals surface area contributed by atoms with Crippen molar-refractivity contribution < 1.29 is 5.11 Å². The molecule has 0 unspecified atom stereocenters. The highest BCUT2D eigenvalue weighted by atomic mass is 16.2. The summed E-state index contributed by atoms with van der Waals surface area (Å²) in [4.78, 5) is 3.15. The molecule has 0 saturated carbocycles. The molecule has 0 spiro atoms. The SMILES string of the molecule is OCC#Cc1cc2ccccc2[nH]1. The summed E-state index contributed by atoms with van der Waals surface area (Å²) in [6, 6.07) is 9.95. The molecule has 64 valence electrons. The molecule has 2 heteroatoms. The van der Waals surface area contributed by atoms with Crippen molar-refractivity contribution >= 4 is 10.9 Å². The van der Waals surface area contributed by atoms with Crippen LogP contribution >= 0.6 is 0 Å². The van der Waals surface area contributed by atoms with Crippen molar-refractivity contribution in [2.45, 2.75) is 0 Å². The maximum atomic E-state index is 8.51. The molecule has 0 fully saturated rings.